The molecular weight excluding hydrogens is 435 g/mol. The van der Waals surface area contributed by atoms with Gasteiger partial charge in [0.2, 0.25) is 15.9 Å². The maximum Gasteiger partial charge on any atom is 0.243 e. The van der Waals surface area contributed by atoms with Crippen LogP contribution < -0.4 is 5.32 Å². The third kappa shape index (κ3) is 4.39. The zero-order chi connectivity index (χ0) is 19.6. The van der Waals surface area contributed by atoms with E-state index in [9.17, 15) is 17.6 Å². The van der Waals surface area contributed by atoms with Crippen LogP contribution in [0.2, 0.25) is 0 Å². The number of nitrogens with one attached hydrogen (secondary N) is 1. The van der Waals surface area contributed by atoms with Crippen LogP contribution in [0, 0.1) is 12.7 Å². The fourth-order valence-corrected chi connectivity index (χ4v) is 5.07. The lowest BCUT2D eigenvalue weighted by molar-refractivity contribution is -0.120. The summed E-state index contributed by atoms with van der Waals surface area (Å²) in [6.45, 7) is 2.05. The molecule has 1 heterocycles. The van der Waals surface area contributed by atoms with E-state index < -0.39 is 27.8 Å². The summed E-state index contributed by atoms with van der Waals surface area (Å²) in [5.74, 6) is -1.06. The number of sulfonamides is 1. The highest BCUT2D eigenvalue weighted by Crippen LogP contribution is 2.27. The summed E-state index contributed by atoms with van der Waals surface area (Å²) in [6, 6.07) is 9.85. The molecule has 0 aromatic heterocycles. The van der Waals surface area contributed by atoms with Crippen molar-refractivity contribution in [2.24, 2.45) is 0 Å². The standard InChI is InChI=1S/C19H20BrFN2O3S/c1-13-5-10-16(21)17(12-13)22-19(24)18-4-2-3-11-23(18)27(25,26)15-8-6-14(20)7-9-15/h5-10,12,18H,2-4,11H2,1H3,(H,22,24). The molecule has 2 aromatic carbocycles. The van der Waals surface area contributed by atoms with E-state index in [0.717, 1.165) is 16.5 Å². The van der Waals surface area contributed by atoms with E-state index in [2.05, 4.69) is 21.2 Å². The molecule has 1 N–H and O–H groups in total. The SMILES string of the molecule is Cc1ccc(F)c(NC(=O)C2CCCCN2S(=O)(=O)c2ccc(Br)cc2)c1. The predicted molar refractivity (Wildman–Crippen MR) is 105 cm³/mol. The zero-order valence-corrected chi connectivity index (χ0v) is 17.2. The Morgan fingerprint density at radius 1 is 1.19 bits per heavy atom. The van der Waals surface area contributed by atoms with Gasteiger partial charge < -0.3 is 5.32 Å². The van der Waals surface area contributed by atoms with Crippen molar-refractivity contribution in [2.45, 2.75) is 37.1 Å². The largest absolute Gasteiger partial charge is 0.322 e. The molecule has 0 radical (unpaired) electrons. The van der Waals surface area contributed by atoms with E-state index in [1.807, 2.05) is 0 Å². The molecule has 2 aromatic rings. The Morgan fingerprint density at radius 2 is 1.89 bits per heavy atom. The third-order valence-electron chi connectivity index (χ3n) is 4.56. The maximum absolute atomic E-state index is 14.0. The number of benzene rings is 2. The number of aryl methyl sites for hydroxylation is 1. The average molecular weight is 455 g/mol. The van der Waals surface area contributed by atoms with E-state index in [1.165, 1.54) is 28.6 Å². The van der Waals surface area contributed by atoms with Gasteiger partial charge in [0.25, 0.3) is 0 Å². The summed E-state index contributed by atoms with van der Waals surface area (Å²) in [5.41, 5.74) is 0.862. The van der Waals surface area contributed by atoms with Gasteiger partial charge in [-0.15, -0.1) is 0 Å². The second-order valence-electron chi connectivity index (χ2n) is 6.55. The Labute approximate surface area is 166 Å². The molecule has 1 aliphatic rings. The first kappa shape index (κ1) is 20.0. The topological polar surface area (TPSA) is 66.5 Å². The van der Waals surface area contributed by atoms with Crippen LogP contribution in [-0.2, 0) is 14.8 Å². The van der Waals surface area contributed by atoms with Crippen LogP contribution in [0.15, 0.2) is 51.8 Å². The fourth-order valence-electron chi connectivity index (χ4n) is 3.15. The molecule has 1 amide bonds. The van der Waals surface area contributed by atoms with Gasteiger partial charge in [-0.05, 0) is 61.7 Å². The number of nitrogens with zero attached hydrogens (tertiary/aromatic N) is 1. The van der Waals surface area contributed by atoms with E-state index in [4.69, 9.17) is 0 Å². The molecule has 0 aliphatic carbocycles. The second kappa shape index (κ2) is 8.08. The van der Waals surface area contributed by atoms with Crippen molar-refractivity contribution >= 4 is 37.5 Å². The molecule has 0 spiro atoms. The van der Waals surface area contributed by atoms with Crippen LogP contribution in [-0.4, -0.2) is 31.2 Å². The molecule has 3 rings (SSSR count). The van der Waals surface area contributed by atoms with Crippen LogP contribution in [0.1, 0.15) is 24.8 Å². The number of carbonyl (C=O) groups excluding carboxylic acids is 1. The number of hydrogen-bond acceptors (Lipinski definition) is 3. The molecule has 5 nitrogen and oxygen atoms in total. The van der Waals surface area contributed by atoms with E-state index in [0.29, 0.717) is 12.8 Å². The maximum atomic E-state index is 14.0. The van der Waals surface area contributed by atoms with Gasteiger partial charge in [-0.25, -0.2) is 12.8 Å². The number of amides is 1. The lowest BCUT2D eigenvalue weighted by Gasteiger charge is -2.33. The zero-order valence-electron chi connectivity index (χ0n) is 14.8. The van der Waals surface area contributed by atoms with Crippen molar-refractivity contribution in [3.63, 3.8) is 0 Å². The number of halogens is 2. The molecule has 0 bridgehead atoms. The lowest BCUT2D eigenvalue weighted by Crippen LogP contribution is -2.49. The second-order valence-corrected chi connectivity index (χ2v) is 9.36. The normalized spacial score (nSPS) is 18.3. The summed E-state index contributed by atoms with van der Waals surface area (Å²) in [7, 11) is -3.83. The fraction of sp³-hybridized carbons (Fsp3) is 0.316. The highest BCUT2D eigenvalue weighted by atomic mass is 79.9. The van der Waals surface area contributed by atoms with Crippen molar-refractivity contribution in [1.82, 2.24) is 4.31 Å². The minimum atomic E-state index is -3.83. The molecule has 1 fully saturated rings. The Kier molecular flexibility index (Phi) is 5.98. The van der Waals surface area contributed by atoms with Crippen molar-refractivity contribution in [3.05, 3.63) is 58.3 Å². The Balaban J connectivity index is 1.87. The van der Waals surface area contributed by atoms with E-state index in [1.54, 1.807) is 25.1 Å². The highest BCUT2D eigenvalue weighted by molar-refractivity contribution is 9.10. The summed E-state index contributed by atoms with van der Waals surface area (Å²) >= 11 is 3.28. The van der Waals surface area contributed by atoms with Crippen LogP contribution >= 0.6 is 15.9 Å². The van der Waals surface area contributed by atoms with Gasteiger partial charge in [0.1, 0.15) is 11.9 Å². The van der Waals surface area contributed by atoms with Gasteiger partial charge in [-0.2, -0.15) is 4.31 Å². The number of hydrogen-bond donors (Lipinski definition) is 1. The van der Waals surface area contributed by atoms with Gasteiger partial charge in [0.15, 0.2) is 0 Å². The van der Waals surface area contributed by atoms with Crippen LogP contribution in [0.25, 0.3) is 0 Å². The minimum absolute atomic E-state index is 0.0616. The number of rotatable bonds is 4. The van der Waals surface area contributed by atoms with Crippen LogP contribution in [0.3, 0.4) is 0 Å². The molecule has 1 aliphatic heterocycles. The summed E-state index contributed by atoms with van der Waals surface area (Å²) < 4.78 is 42.1. The van der Waals surface area contributed by atoms with E-state index in [-0.39, 0.29) is 17.1 Å². The monoisotopic (exact) mass is 454 g/mol. The van der Waals surface area contributed by atoms with Gasteiger partial charge >= 0.3 is 0 Å². The van der Waals surface area contributed by atoms with Crippen molar-refractivity contribution in [1.29, 1.82) is 0 Å². The van der Waals surface area contributed by atoms with E-state index >= 15 is 0 Å². The summed E-state index contributed by atoms with van der Waals surface area (Å²) in [6.07, 6.45) is 1.81. The first-order chi connectivity index (χ1) is 12.8. The average Bonchev–Trinajstić information content (AvgIpc) is 2.65. The van der Waals surface area contributed by atoms with Crippen molar-refractivity contribution in [3.8, 4) is 0 Å². The summed E-state index contributed by atoms with van der Waals surface area (Å²) in [5, 5.41) is 2.56. The Morgan fingerprint density at radius 3 is 2.59 bits per heavy atom. The van der Waals surface area contributed by atoms with Crippen molar-refractivity contribution in [2.75, 3.05) is 11.9 Å². The highest BCUT2D eigenvalue weighted by Gasteiger charge is 2.37. The first-order valence-corrected chi connectivity index (χ1v) is 10.9. The first-order valence-electron chi connectivity index (χ1n) is 8.63. The number of carbonyl (C=O) groups is 1. The number of piperidine rings is 1. The van der Waals surface area contributed by atoms with Gasteiger partial charge in [-0.3, -0.25) is 4.79 Å². The third-order valence-corrected chi connectivity index (χ3v) is 7.01. The molecule has 1 atom stereocenters. The lowest BCUT2D eigenvalue weighted by atomic mass is 10.0. The molecule has 144 valence electrons. The Hall–Kier alpha value is -1.77. The smallest absolute Gasteiger partial charge is 0.243 e. The quantitative estimate of drug-likeness (QED) is 0.756. The van der Waals surface area contributed by atoms with Crippen LogP contribution in [0.4, 0.5) is 10.1 Å². The van der Waals surface area contributed by atoms with Gasteiger partial charge in [-0.1, -0.05) is 28.4 Å². The minimum Gasteiger partial charge on any atom is -0.322 e. The van der Waals surface area contributed by atoms with Gasteiger partial charge in [0, 0.05) is 11.0 Å². The Bertz CT molecular complexity index is 948. The van der Waals surface area contributed by atoms with Crippen LogP contribution in [0.5, 0.6) is 0 Å². The molecular formula is C19H20BrFN2O3S. The van der Waals surface area contributed by atoms with Crippen molar-refractivity contribution < 1.29 is 17.6 Å². The predicted octanol–water partition coefficient (Wildman–Crippen LogP) is 4.08. The molecule has 1 unspecified atom stereocenters. The molecule has 0 saturated carbocycles. The van der Waals surface area contributed by atoms with Gasteiger partial charge in [0.05, 0.1) is 10.6 Å². The number of anilines is 1. The summed E-state index contributed by atoms with van der Waals surface area (Å²) in [4.78, 5) is 12.9. The molecule has 27 heavy (non-hydrogen) atoms. The molecule has 1 saturated heterocycles. The molecule has 8 heteroatoms.